The molecule has 7 nitrogen and oxygen atoms in total. The van der Waals surface area contributed by atoms with E-state index in [0.717, 1.165) is 38.5 Å². The third-order valence-electron chi connectivity index (χ3n) is 4.75. The van der Waals surface area contributed by atoms with Gasteiger partial charge < -0.3 is 15.4 Å². The van der Waals surface area contributed by atoms with Crippen molar-refractivity contribution in [3.63, 3.8) is 0 Å². The summed E-state index contributed by atoms with van der Waals surface area (Å²) in [5.41, 5.74) is 0.216. The Morgan fingerprint density at radius 1 is 1.04 bits per heavy atom. The number of nitrogens with zero attached hydrogens (tertiary/aromatic N) is 3. The minimum absolute atomic E-state index is 0.0183. The Balaban J connectivity index is 1.42. The van der Waals surface area contributed by atoms with Crippen LogP contribution >= 0.6 is 0 Å². The van der Waals surface area contributed by atoms with Crippen molar-refractivity contribution in [2.24, 2.45) is 0 Å². The summed E-state index contributed by atoms with van der Waals surface area (Å²) in [6.45, 7) is 0. The molecule has 0 spiro atoms. The van der Waals surface area contributed by atoms with Crippen LogP contribution in [0, 0.1) is 11.3 Å². The number of nitrogens with one attached hydrogen (secondary N) is 2. The van der Waals surface area contributed by atoms with Gasteiger partial charge in [0, 0.05) is 24.5 Å². The molecule has 128 valence electrons. The van der Waals surface area contributed by atoms with Gasteiger partial charge in [-0.2, -0.15) is 5.26 Å². The minimum atomic E-state index is -0.0491. The summed E-state index contributed by atoms with van der Waals surface area (Å²) in [6, 6.07) is 2.46. The van der Waals surface area contributed by atoms with Crippen LogP contribution in [0.1, 0.15) is 57.1 Å². The van der Waals surface area contributed by atoms with Gasteiger partial charge in [-0.3, -0.25) is 0 Å². The maximum Gasteiger partial charge on any atom is 0.315 e. The highest BCUT2D eigenvalue weighted by Gasteiger charge is 2.25. The van der Waals surface area contributed by atoms with Gasteiger partial charge in [0.25, 0.3) is 5.88 Å². The zero-order valence-corrected chi connectivity index (χ0v) is 13.7. The Bertz CT molecular complexity index is 601. The molecule has 3 rings (SSSR count). The number of rotatable bonds is 4. The van der Waals surface area contributed by atoms with E-state index in [1.54, 1.807) is 0 Å². The first-order valence-electron chi connectivity index (χ1n) is 8.69. The Morgan fingerprint density at radius 2 is 1.67 bits per heavy atom. The van der Waals surface area contributed by atoms with Gasteiger partial charge in [0.15, 0.2) is 0 Å². The number of ether oxygens (including phenoxy) is 1. The third-order valence-corrected chi connectivity index (χ3v) is 4.75. The monoisotopic (exact) mass is 329 g/mol. The Hall–Kier alpha value is -2.36. The predicted octanol–water partition coefficient (Wildman–Crippen LogP) is 2.28. The number of nitriles is 1. The molecule has 0 atom stereocenters. The van der Waals surface area contributed by atoms with Crippen LogP contribution in [0.25, 0.3) is 0 Å². The average Bonchev–Trinajstić information content (AvgIpc) is 3.10. The molecule has 0 radical (unpaired) electrons. The number of amides is 2. The summed E-state index contributed by atoms with van der Waals surface area (Å²) in [5.74, 6) is 0.301. The van der Waals surface area contributed by atoms with Crippen molar-refractivity contribution in [2.45, 2.75) is 69.6 Å². The van der Waals surface area contributed by atoms with Crippen molar-refractivity contribution in [1.29, 1.82) is 5.26 Å². The van der Waals surface area contributed by atoms with E-state index in [4.69, 9.17) is 10.00 Å². The lowest BCUT2D eigenvalue weighted by Crippen LogP contribution is -2.47. The van der Waals surface area contributed by atoms with E-state index in [1.807, 2.05) is 6.07 Å². The van der Waals surface area contributed by atoms with Gasteiger partial charge in [0.1, 0.15) is 12.2 Å². The van der Waals surface area contributed by atoms with Gasteiger partial charge in [0.05, 0.1) is 0 Å². The molecule has 1 aromatic heterocycles. The summed E-state index contributed by atoms with van der Waals surface area (Å²) in [7, 11) is 0. The smallest absolute Gasteiger partial charge is 0.315 e. The van der Waals surface area contributed by atoms with E-state index in [-0.39, 0.29) is 23.9 Å². The molecule has 2 amide bonds. The number of carbonyl (C=O) groups excluding carboxylic acids is 1. The van der Waals surface area contributed by atoms with E-state index in [2.05, 4.69) is 20.6 Å². The molecule has 0 saturated heterocycles. The molecular formula is C17H23N5O2. The van der Waals surface area contributed by atoms with Crippen LogP contribution in [0.3, 0.4) is 0 Å². The summed E-state index contributed by atoms with van der Waals surface area (Å²) < 4.78 is 5.81. The number of carbonyl (C=O) groups is 1. The van der Waals surface area contributed by atoms with Gasteiger partial charge in [-0.25, -0.2) is 14.8 Å². The van der Waals surface area contributed by atoms with Crippen LogP contribution in [0.15, 0.2) is 12.4 Å². The fraction of sp³-hybridized carbons (Fsp3) is 0.647. The maximum atomic E-state index is 12.0. The van der Waals surface area contributed by atoms with E-state index >= 15 is 0 Å². The average molecular weight is 329 g/mol. The molecule has 0 bridgehead atoms. The molecule has 0 aliphatic heterocycles. The molecule has 2 saturated carbocycles. The molecule has 7 heteroatoms. The molecular weight excluding hydrogens is 306 g/mol. The van der Waals surface area contributed by atoms with Gasteiger partial charge in [-0.05, 0) is 38.5 Å². The van der Waals surface area contributed by atoms with E-state index in [1.165, 1.54) is 25.2 Å². The van der Waals surface area contributed by atoms with Gasteiger partial charge in [0.2, 0.25) is 5.69 Å². The summed E-state index contributed by atoms with van der Waals surface area (Å²) in [6.07, 6.45) is 11.0. The predicted molar refractivity (Wildman–Crippen MR) is 87.3 cm³/mol. The van der Waals surface area contributed by atoms with Crippen molar-refractivity contribution >= 4 is 6.03 Å². The molecule has 0 unspecified atom stereocenters. The highest BCUT2D eigenvalue weighted by atomic mass is 16.5. The first-order chi connectivity index (χ1) is 11.7. The van der Waals surface area contributed by atoms with Crippen LogP contribution < -0.4 is 15.4 Å². The Kier molecular flexibility index (Phi) is 5.47. The van der Waals surface area contributed by atoms with E-state index in [0.29, 0.717) is 11.9 Å². The molecule has 2 fully saturated rings. The Morgan fingerprint density at radius 3 is 2.33 bits per heavy atom. The lowest BCUT2D eigenvalue weighted by atomic mass is 9.93. The van der Waals surface area contributed by atoms with Gasteiger partial charge in [-0.15, -0.1) is 0 Å². The third kappa shape index (κ3) is 4.34. The normalized spacial score (nSPS) is 24.1. The van der Waals surface area contributed by atoms with Crippen molar-refractivity contribution in [1.82, 2.24) is 20.6 Å². The summed E-state index contributed by atoms with van der Waals surface area (Å²) in [4.78, 5) is 20.0. The Labute approximate surface area is 141 Å². The second-order valence-electron chi connectivity index (χ2n) is 6.51. The zero-order valence-electron chi connectivity index (χ0n) is 13.7. The van der Waals surface area contributed by atoms with Gasteiger partial charge >= 0.3 is 6.03 Å². The van der Waals surface area contributed by atoms with Gasteiger partial charge in [-0.1, -0.05) is 12.8 Å². The number of hydrogen-bond donors (Lipinski definition) is 2. The fourth-order valence-corrected chi connectivity index (χ4v) is 3.45. The summed E-state index contributed by atoms with van der Waals surface area (Å²) in [5, 5.41) is 15.1. The molecule has 0 aromatic carbocycles. The molecule has 2 aliphatic carbocycles. The number of aromatic nitrogens is 2. The van der Waals surface area contributed by atoms with Crippen molar-refractivity contribution in [2.75, 3.05) is 0 Å². The second kappa shape index (κ2) is 7.95. The number of hydrogen-bond acceptors (Lipinski definition) is 5. The quantitative estimate of drug-likeness (QED) is 0.882. The first kappa shape index (κ1) is 16.5. The van der Waals surface area contributed by atoms with E-state index in [9.17, 15) is 4.79 Å². The zero-order chi connectivity index (χ0) is 16.8. The molecule has 24 heavy (non-hydrogen) atoms. The van der Waals surface area contributed by atoms with Crippen molar-refractivity contribution < 1.29 is 9.53 Å². The van der Waals surface area contributed by atoms with Crippen LogP contribution in [-0.4, -0.2) is 34.2 Å². The number of urea groups is 1. The highest BCUT2D eigenvalue weighted by Crippen LogP contribution is 2.24. The summed E-state index contributed by atoms with van der Waals surface area (Å²) >= 11 is 0. The maximum absolute atomic E-state index is 12.0. The first-order valence-corrected chi connectivity index (χ1v) is 8.69. The minimum Gasteiger partial charge on any atom is -0.472 e. The topological polar surface area (TPSA) is 99.9 Å². The van der Waals surface area contributed by atoms with Crippen LogP contribution in [0.4, 0.5) is 4.79 Å². The molecule has 2 N–H and O–H groups in total. The lowest BCUT2D eigenvalue weighted by molar-refractivity contribution is 0.133. The molecule has 1 heterocycles. The lowest BCUT2D eigenvalue weighted by Gasteiger charge is -2.29. The second-order valence-corrected chi connectivity index (χ2v) is 6.51. The SMILES string of the molecule is N#Cc1nccnc1OC1CCC(NC(=O)NC2CCCC2)CC1. The largest absolute Gasteiger partial charge is 0.472 e. The molecule has 2 aliphatic rings. The van der Waals surface area contributed by atoms with E-state index < -0.39 is 0 Å². The van der Waals surface area contributed by atoms with Crippen LogP contribution in [0.5, 0.6) is 5.88 Å². The molecule has 1 aromatic rings. The highest BCUT2D eigenvalue weighted by molar-refractivity contribution is 5.74. The van der Waals surface area contributed by atoms with Crippen molar-refractivity contribution in [3.05, 3.63) is 18.1 Å². The van der Waals surface area contributed by atoms with Crippen LogP contribution in [-0.2, 0) is 0 Å². The van der Waals surface area contributed by atoms with Crippen LogP contribution in [0.2, 0.25) is 0 Å². The fourth-order valence-electron chi connectivity index (χ4n) is 3.45. The van der Waals surface area contributed by atoms with Crippen molar-refractivity contribution in [3.8, 4) is 11.9 Å². The standard InChI is InChI=1S/C17H23N5O2/c18-11-15-16(20-10-9-19-15)24-14-7-5-13(6-8-14)22-17(23)21-12-3-1-2-4-12/h9-10,12-14H,1-8H2,(H2,21,22,23).